The fourth-order valence-electron chi connectivity index (χ4n) is 2.31. The Balaban J connectivity index is 1.67. The molecule has 1 aliphatic rings. The van der Waals surface area contributed by atoms with Crippen LogP contribution in [0.2, 0.25) is 0 Å². The van der Waals surface area contributed by atoms with Crippen LogP contribution in [0.25, 0.3) is 5.57 Å². The molecule has 0 radical (unpaired) electrons. The van der Waals surface area contributed by atoms with Crippen LogP contribution in [0, 0.1) is 5.82 Å². The first kappa shape index (κ1) is 15.1. The molecule has 0 amide bonds. The van der Waals surface area contributed by atoms with E-state index in [1.807, 2.05) is 30.4 Å². The van der Waals surface area contributed by atoms with Crippen LogP contribution in [0.15, 0.2) is 60.5 Å². The van der Waals surface area contributed by atoms with Gasteiger partial charge in [-0.15, -0.1) is 0 Å². The third-order valence-electron chi connectivity index (χ3n) is 3.54. The van der Waals surface area contributed by atoms with E-state index in [0.29, 0.717) is 6.61 Å². The van der Waals surface area contributed by atoms with E-state index >= 15 is 0 Å². The Morgan fingerprint density at radius 1 is 1.26 bits per heavy atom. The molecule has 0 fully saturated rings. The topological polar surface area (TPSA) is 47.1 Å². The number of ether oxygens (including phenoxy) is 2. The van der Waals surface area contributed by atoms with Crippen molar-refractivity contribution in [3.05, 3.63) is 77.6 Å². The number of rotatable bonds is 5. The van der Waals surface area contributed by atoms with Crippen LogP contribution in [0.3, 0.4) is 0 Å². The van der Waals surface area contributed by atoms with Gasteiger partial charge in [0.15, 0.2) is 11.6 Å². The van der Waals surface area contributed by atoms with Crippen LogP contribution < -0.4 is 4.74 Å². The molecule has 0 saturated heterocycles. The zero-order valence-corrected chi connectivity index (χ0v) is 12.8. The molecule has 1 aliphatic carbocycles. The summed E-state index contributed by atoms with van der Waals surface area (Å²) in [7, 11) is 1.44. The number of nitrogens with one attached hydrogen (secondary N) is 1. The molecule has 1 aromatic carbocycles. The van der Waals surface area contributed by atoms with E-state index in [4.69, 9.17) is 9.47 Å². The summed E-state index contributed by atoms with van der Waals surface area (Å²) in [6.07, 6.45) is 10.4. The molecular weight excluding hydrogens is 295 g/mol. The van der Waals surface area contributed by atoms with Gasteiger partial charge < -0.3 is 9.47 Å². The SMILES string of the molecule is COc1ccc(COC2=CC=C(c3ccn[nH]3)CC=C2)cc1F. The molecule has 1 N–H and O–H groups in total. The maximum Gasteiger partial charge on any atom is 0.165 e. The fourth-order valence-corrected chi connectivity index (χ4v) is 2.31. The van der Waals surface area contributed by atoms with Crippen LogP contribution in [-0.2, 0) is 11.3 Å². The lowest BCUT2D eigenvalue weighted by molar-refractivity contribution is 0.210. The molecule has 118 valence electrons. The number of hydrogen-bond acceptors (Lipinski definition) is 3. The number of H-pyrrole nitrogens is 1. The van der Waals surface area contributed by atoms with E-state index in [0.717, 1.165) is 29.0 Å². The van der Waals surface area contributed by atoms with E-state index in [2.05, 4.69) is 10.2 Å². The number of methoxy groups -OCH3 is 1. The highest BCUT2D eigenvalue weighted by Gasteiger charge is 2.06. The van der Waals surface area contributed by atoms with E-state index < -0.39 is 0 Å². The number of benzene rings is 1. The summed E-state index contributed by atoms with van der Waals surface area (Å²) in [4.78, 5) is 0. The van der Waals surface area contributed by atoms with Gasteiger partial charge in [-0.3, -0.25) is 5.10 Å². The lowest BCUT2D eigenvalue weighted by Gasteiger charge is -2.08. The predicted molar refractivity (Wildman–Crippen MR) is 86.1 cm³/mol. The third-order valence-corrected chi connectivity index (χ3v) is 3.54. The smallest absolute Gasteiger partial charge is 0.165 e. The van der Waals surface area contributed by atoms with Gasteiger partial charge in [0.1, 0.15) is 12.4 Å². The van der Waals surface area contributed by atoms with Crippen molar-refractivity contribution in [2.24, 2.45) is 0 Å². The van der Waals surface area contributed by atoms with Crippen molar-refractivity contribution in [2.45, 2.75) is 13.0 Å². The van der Waals surface area contributed by atoms with Gasteiger partial charge in [-0.2, -0.15) is 5.10 Å². The summed E-state index contributed by atoms with van der Waals surface area (Å²) in [5.41, 5.74) is 2.87. The number of allylic oxidation sites excluding steroid dienone is 5. The van der Waals surface area contributed by atoms with Crippen molar-refractivity contribution >= 4 is 5.57 Å². The molecule has 0 atom stereocenters. The Bertz CT molecular complexity index is 761. The standard InChI is InChI=1S/C18H17FN2O2/c1-22-18-8-5-13(11-16(18)19)12-23-15-4-2-3-14(6-7-15)17-9-10-20-21-17/h2,4-11H,3,12H2,1H3,(H,20,21). The summed E-state index contributed by atoms with van der Waals surface area (Å²) >= 11 is 0. The Kier molecular flexibility index (Phi) is 4.57. The molecule has 0 spiro atoms. The van der Waals surface area contributed by atoms with Crippen LogP contribution in [0.1, 0.15) is 17.7 Å². The van der Waals surface area contributed by atoms with Crippen molar-refractivity contribution in [3.8, 4) is 5.75 Å². The first-order valence-electron chi connectivity index (χ1n) is 7.28. The maximum atomic E-state index is 13.7. The molecule has 1 heterocycles. The first-order chi connectivity index (χ1) is 11.3. The van der Waals surface area contributed by atoms with E-state index in [9.17, 15) is 4.39 Å². The highest BCUT2D eigenvalue weighted by molar-refractivity contribution is 5.66. The molecule has 1 aromatic heterocycles. The van der Waals surface area contributed by atoms with Gasteiger partial charge in [0.25, 0.3) is 0 Å². The van der Waals surface area contributed by atoms with E-state index in [1.54, 1.807) is 18.3 Å². The van der Waals surface area contributed by atoms with Crippen LogP contribution >= 0.6 is 0 Å². The Labute approximate surface area is 133 Å². The van der Waals surface area contributed by atoms with Gasteiger partial charge in [0, 0.05) is 6.20 Å². The minimum absolute atomic E-state index is 0.231. The van der Waals surface area contributed by atoms with Gasteiger partial charge in [-0.1, -0.05) is 18.2 Å². The second-order valence-electron chi connectivity index (χ2n) is 5.10. The molecule has 0 saturated carbocycles. The second kappa shape index (κ2) is 6.96. The van der Waals surface area contributed by atoms with Crippen LogP contribution in [-0.4, -0.2) is 17.3 Å². The summed E-state index contributed by atoms with van der Waals surface area (Å²) in [6.45, 7) is 0.296. The van der Waals surface area contributed by atoms with Crippen molar-refractivity contribution in [3.63, 3.8) is 0 Å². The average molecular weight is 312 g/mol. The zero-order valence-electron chi connectivity index (χ0n) is 12.8. The summed E-state index contributed by atoms with van der Waals surface area (Å²) < 4.78 is 24.3. The highest BCUT2D eigenvalue weighted by atomic mass is 19.1. The van der Waals surface area contributed by atoms with Gasteiger partial charge in [0.2, 0.25) is 0 Å². The number of halogens is 1. The Hall–Kier alpha value is -2.82. The van der Waals surface area contributed by atoms with Gasteiger partial charge >= 0.3 is 0 Å². The maximum absolute atomic E-state index is 13.7. The summed E-state index contributed by atoms with van der Waals surface area (Å²) in [5, 5.41) is 6.91. The van der Waals surface area contributed by atoms with Gasteiger partial charge in [-0.05, 0) is 47.9 Å². The normalized spacial score (nSPS) is 14.0. The minimum atomic E-state index is -0.389. The molecule has 5 heteroatoms. The highest BCUT2D eigenvalue weighted by Crippen LogP contribution is 2.22. The molecule has 0 bridgehead atoms. The number of aromatic nitrogens is 2. The molecule has 4 nitrogen and oxygen atoms in total. The van der Waals surface area contributed by atoms with Crippen LogP contribution in [0.4, 0.5) is 4.39 Å². The van der Waals surface area contributed by atoms with E-state index in [-0.39, 0.29) is 11.6 Å². The second-order valence-corrected chi connectivity index (χ2v) is 5.10. The van der Waals surface area contributed by atoms with Crippen molar-refractivity contribution in [1.29, 1.82) is 0 Å². The average Bonchev–Trinajstić information content (AvgIpc) is 2.99. The number of hydrogen-bond donors (Lipinski definition) is 1. The molecule has 23 heavy (non-hydrogen) atoms. The molecule has 2 aromatic rings. The zero-order chi connectivity index (χ0) is 16.1. The Morgan fingerprint density at radius 3 is 2.91 bits per heavy atom. The van der Waals surface area contributed by atoms with Crippen molar-refractivity contribution < 1.29 is 13.9 Å². The largest absolute Gasteiger partial charge is 0.494 e. The minimum Gasteiger partial charge on any atom is -0.494 e. The van der Waals surface area contributed by atoms with Gasteiger partial charge in [-0.25, -0.2) is 4.39 Å². The lowest BCUT2D eigenvalue weighted by Crippen LogP contribution is -1.94. The van der Waals surface area contributed by atoms with Crippen LogP contribution in [0.5, 0.6) is 5.75 Å². The molecule has 3 rings (SSSR count). The quantitative estimate of drug-likeness (QED) is 0.907. The predicted octanol–water partition coefficient (Wildman–Crippen LogP) is 4.00. The van der Waals surface area contributed by atoms with E-state index in [1.165, 1.54) is 13.2 Å². The lowest BCUT2D eigenvalue weighted by atomic mass is 10.1. The third kappa shape index (κ3) is 3.69. The molecule has 0 unspecified atom stereocenters. The van der Waals surface area contributed by atoms with Crippen molar-refractivity contribution in [2.75, 3.05) is 7.11 Å². The molecular formula is C18H17FN2O2. The first-order valence-corrected chi connectivity index (χ1v) is 7.28. The number of aromatic amines is 1. The summed E-state index contributed by atoms with van der Waals surface area (Å²) in [6, 6.07) is 6.74. The fraction of sp³-hybridized carbons (Fsp3) is 0.167. The molecule has 0 aliphatic heterocycles. The summed E-state index contributed by atoms with van der Waals surface area (Å²) in [5.74, 6) is 0.575. The Morgan fingerprint density at radius 2 is 2.17 bits per heavy atom. The monoisotopic (exact) mass is 312 g/mol. The van der Waals surface area contributed by atoms with Crippen molar-refractivity contribution in [1.82, 2.24) is 10.2 Å². The number of nitrogens with zero attached hydrogens (tertiary/aromatic N) is 1. The van der Waals surface area contributed by atoms with Gasteiger partial charge in [0.05, 0.1) is 12.8 Å².